The molecule has 80 valence electrons. The van der Waals surface area contributed by atoms with Gasteiger partial charge in [0.25, 0.3) is 0 Å². The van der Waals surface area contributed by atoms with Crippen molar-refractivity contribution in [3.63, 3.8) is 0 Å². The third-order valence-electron chi connectivity index (χ3n) is 2.05. The van der Waals surface area contributed by atoms with Crippen molar-refractivity contribution < 1.29 is 5.11 Å². The van der Waals surface area contributed by atoms with E-state index in [1.54, 1.807) is 17.4 Å². The van der Waals surface area contributed by atoms with Crippen LogP contribution in [-0.4, -0.2) is 5.11 Å². The number of aliphatic hydroxyl groups is 1. The second-order valence-electron chi connectivity index (χ2n) is 3.13. The summed E-state index contributed by atoms with van der Waals surface area (Å²) in [5.74, 6) is 0. The van der Waals surface area contributed by atoms with Crippen LogP contribution >= 0.6 is 45.9 Å². The van der Waals surface area contributed by atoms with Crippen LogP contribution in [0, 0.1) is 0 Å². The Kier molecular flexibility index (Phi) is 3.69. The fourth-order valence-electron chi connectivity index (χ4n) is 1.32. The Labute approximate surface area is 106 Å². The minimum atomic E-state index is -0.573. The normalized spacial score (nSPS) is 13.0. The minimum Gasteiger partial charge on any atom is -0.388 e. The maximum Gasteiger partial charge on any atom is 0.100 e. The lowest BCUT2D eigenvalue weighted by Crippen LogP contribution is -1.99. The van der Waals surface area contributed by atoms with Crippen molar-refractivity contribution in [1.82, 2.24) is 0 Å². The number of halogens is 2. The van der Waals surface area contributed by atoms with Gasteiger partial charge in [0.15, 0.2) is 0 Å². The van der Waals surface area contributed by atoms with Gasteiger partial charge in [0.2, 0.25) is 0 Å². The molecule has 2 rings (SSSR count). The van der Waals surface area contributed by atoms with Gasteiger partial charge in [0.1, 0.15) is 4.34 Å². The van der Waals surface area contributed by atoms with Crippen LogP contribution in [0.2, 0.25) is 8.67 Å². The summed E-state index contributed by atoms with van der Waals surface area (Å²) in [6, 6.07) is 3.72. The third kappa shape index (κ3) is 2.74. The number of hydrogen-bond donors (Lipinski definition) is 1. The van der Waals surface area contributed by atoms with E-state index in [0.29, 0.717) is 15.1 Å². The highest BCUT2D eigenvalue weighted by atomic mass is 35.5. The lowest BCUT2D eigenvalue weighted by atomic mass is 10.1. The molecule has 0 aliphatic heterocycles. The van der Waals surface area contributed by atoms with Gasteiger partial charge in [0, 0.05) is 12.0 Å². The van der Waals surface area contributed by atoms with Crippen LogP contribution in [0.3, 0.4) is 0 Å². The van der Waals surface area contributed by atoms with E-state index in [2.05, 4.69) is 0 Å². The molecular formula is C10H8Cl2OS2. The monoisotopic (exact) mass is 278 g/mol. The van der Waals surface area contributed by atoms with Crippen molar-refractivity contribution in [3.05, 3.63) is 42.7 Å². The fourth-order valence-corrected chi connectivity index (χ4v) is 3.57. The van der Waals surface area contributed by atoms with E-state index < -0.39 is 6.10 Å². The number of hydrogen-bond acceptors (Lipinski definition) is 3. The molecule has 2 aromatic rings. The average molecular weight is 279 g/mol. The topological polar surface area (TPSA) is 20.2 Å². The molecule has 0 aromatic carbocycles. The van der Waals surface area contributed by atoms with E-state index >= 15 is 0 Å². The number of thiophene rings is 2. The van der Waals surface area contributed by atoms with E-state index in [-0.39, 0.29) is 0 Å². The van der Waals surface area contributed by atoms with Gasteiger partial charge in [-0.1, -0.05) is 23.2 Å². The van der Waals surface area contributed by atoms with Crippen LogP contribution in [0.5, 0.6) is 0 Å². The van der Waals surface area contributed by atoms with Gasteiger partial charge in [-0.05, 0) is 28.5 Å². The first-order valence-corrected chi connectivity index (χ1v) is 6.82. The number of rotatable bonds is 3. The Bertz CT molecular complexity index is 436. The standard InChI is InChI=1S/C10H8Cl2OS2/c11-9-4-7(10(12)15-9)8(13)3-6-1-2-14-5-6/h1-2,4-5,8,13H,3H2. The first kappa shape index (κ1) is 11.4. The lowest BCUT2D eigenvalue weighted by molar-refractivity contribution is 0.179. The maximum atomic E-state index is 9.95. The molecule has 1 atom stereocenters. The van der Waals surface area contributed by atoms with Gasteiger partial charge in [-0.3, -0.25) is 0 Å². The summed E-state index contributed by atoms with van der Waals surface area (Å²) >= 11 is 14.7. The molecule has 1 nitrogen and oxygen atoms in total. The minimum absolute atomic E-state index is 0.572. The fraction of sp³-hybridized carbons (Fsp3) is 0.200. The van der Waals surface area contributed by atoms with E-state index in [4.69, 9.17) is 23.2 Å². The maximum absolute atomic E-state index is 9.95. The van der Waals surface area contributed by atoms with Crippen LogP contribution in [0.4, 0.5) is 0 Å². The molecule has 5 heteroatoms. The molecule has 0 saturated carbocycles. The molecular weight excluding hydrogens is 271 g/mol. The molecule has 2 heterocycles. The van der Waals surface area contributed by atoms with E-state index in [1.165, 1.54) is 11.3 Å². The molecule has 0 aliphatic carbocycles. The Morgan fingerprint density at radius 2 is 2.20 bits per heavy atom. The largest absolute Gasteiger partial charge is 0.388 e. The van der Waals surface area contributed by atoms with Gasteiger partial charge in [-0.2, -0.15) is 11.3 Å². The molecule has 0 radical (unpaired) electrons. The summed E-state index contributed by atoms with van der Waals surface area (Å²) in [5.41, 5.74) is 1.84. The predicted molar refractivity (Wildman–Crippen MR) is 67.3 cm³/mol. The van der Waals surface area contributed by atoms with Gasteiger partial charge in [-0.15, -0.1) is 11.3 Å². The molecule has 0 fully saturated rings. The molecule has 15 heavy (non-hydrogen) atoms. The van der Waals surface area contributed by atoms with Gasteiger partial charge < -0.3 is 5.11 Å². The smallest absolute Gasteiger partial charge is 0.100 e. The first-order chi connectivity index (χ1) is 7.16. The second-order valence-corrected chi connectivity index (χ2v) is 6.20. The molecule has 0 spiro atoms. The highest BCUT2D eigenvalue weighted by Crippen LogP contribution is 2.36. The van der Waals surface area contributed by atoms with Crippen LogP contribution in [0.1, 0.15) is 17.2 Å². The highest BCUT2D eigenvalue weighted by molar-refractivity contribution is 7.20. The zero-order valence-electron chi connectivity index (χ0n) is 7.61. The summed E-state index contributed by atoms with van der Waals surface area (Å²) in [6.45, 7) is 0. The van der Waals surface area contributed by atoms with Crippen molar-refractivity contribution in [3.8, 4) is 0 Å². The van der Waals surface area contributed by atoms with E-state index in [0.717, 1.165) is 11.1 Å². The summed E-state index contributed by atoms with van der Waals surface area (Å²) < 4.78 is 1.18. The highest BCUT2D eigenvalue weighted by Gasteiger charge is 2.15. The average Bonchev–Trinajstić information content (AvgIpc) is 2.75. The first-order valence-electron chi connectivity index (χ1n) is 4.30. The molecule has 0 amide bonds. The lowest BCUT2D eigenvalue weighted by Gasteiger charge is -2.07. The summed E-state index contributed by atoms with van der Waals surface area (Å²) in [6.07, 6.45) is 0.00636. The van der Waals surface area contributed by atoms with Gasteiger partial charge in [-0.25, -0.2) is 0 Å². The zero-order chi connectivity index (χ0) is 10.8. The second kappa shape index (κ2) is 4.85. The SMILES string of the molecule is OC(Cc1ccsc1)c1cc(Cl)sc1Cl. The van der Waals surface area contributed by atoms with Gasteiger partial charge >= 0.3 is 0 Å². The van der Waals surface area contributed by atoms with E-state index in [9.17, 15) is 5.11 Å². The third-order valence-corrected chi connectivity index (χ3v) is 4.30. The Hall–Kier alpha value is -0.0600. The van der Waals surface area contributed by atoms with Crippen LogP contribution in [-0.2, 0) is 6.42 Å². The van der Waals surface area contributed by atoms with Crippen LogP contribution in [0.15, 0.2) is 22.9 Å². The Morgan fingerprint density at radius 1 is 1.40 bits per heavy atom. The van der Waals surface area contributed by atoms with Crippen molar-refractivity contribution >= 4 is 45.9 Å². The van der Waals surface area contributed by atoms with Crippen molar-refractivity contribution in [1.29, 1.82) is 0 Å². The Balaban J connectivity index is 2.14. The molecule has 2 aromatic heterocycles. The van der Waals surface area contributed by atoms with Gasteiger partial charge in [0.05, 0.1) is 10.4 Å². The van der Waals surface area contributed by atoms with Crippen molar-refractivity contribution in [2.24, 2.45) is 0 Å². The molecule has 1 N–H and O–H groups in total. The molecule has 0 bridgehead atoms. The number of aliphatic hydroxyl groups excluding tert-OH is 1. The predicted octanol–water partition coefficient (Wildman–Crippen LogP) is 4.39. The summed E-state index contributed by atoms with van der Waals surface area (Å²) in [7, 11) is 0. The zero-order valence-corrected chi connectivity index (χ0v) is 10.8. The van der Waals surface area contributed by atoms with Crippen molar-refractivity contribution in [2.75, 3.05) is 0 Å². The molecule has 1 unspecified atom stereocenters. The van der Waals surface area contributed by atoms with Crippen LogP contribution < -0.4 is 0 Å². The quantitative estimate of drug-likeness (QED) is 0.883. The van der Waals surface area contributed by atoms with Crippen molar-refractivity contribution in [2.45, 2.75) is 12.5 Å². The van der Waals surface area contributed by atoms with Crippen LogP contribution in [0.25, 0.3) is 0 Å². The molecule has 0 aliphatic rings. The Morgan fingerprint density at radius 3 is 2.73 bits per heavy atom. The summed E-state index contributed by atoms with van der Waals surface area (Å²) in [5, 5.41) is 14.0. The summed E-state index contributed by atoms with van der Waals surface area (Å²) in [4.78, 5) is 0. The van der Waals surface area contributed by atoms with E-state index in [1.807, 2.05) is 16.8 Å². The molecule has 0 saturated heterocycles.